The van der Waals surface area contributed by atoms with E-state index in [1.165, 1.54) is 35.6 Å². The molecule has 16 heavy (non-hydrogen) atoms. The number of benzene rings is 1. The molecule has 2 aliphatic rings. The summed E-state index contributed by atoms with van der Waals surface area (Å²) in [4.78, 5) is 2.57. The molecule has 1 fully saturated rings. The Morgan fingerprint density at radius 2 is 2.25 bits per heavy atom. The number of para-hydroxylation sites is 1. The van der Waals surface area contributed by atoms with E-state index >= 15 is 0 Å². The Labute approximate surface area is 101 Å². The van der Waals surface area contributed by atoms with Crippen LogP contribution >= 0.6 is 11.8 Å². The summed E-state index contributed by atoms with van der Waals surface area (Å²) >= 11 is 2.05. The van der Waals surface area contributed by atoms with Crippen molar-refractivity contribution in [3.05, 3.63) is 29.8 Å². The normalized spacial score (nSPS) is 28.4. The average Bonchev–Trinajstić information content (AvgIpc) is 2.96. The standard InChI is InChI=1S/C13H18N2S/c14-9-13(6-8-16-10-13)15-7-5-11-3-1-2-4-12(11)15/h1-4H,5-10,14H2. The van der Waals surface area contributed by atoms with Crippen molar-refractivity contribution in [2.45, 2.75) is 18.4 Å². The fourth-order valence-electron chi connectivity index (χ4n) is 2.91. The molecule has 0 aliphatic carbocycles. The molecule has 0 bridgehead atoms. The quantitative estimate of drug-likeness (QED) is 0.847. The van der Waals surface area contributed by atoms with Crippen LogP contribution < -0.4 is 10.6 Å². The van der Waals surface area contributed by atoms with Crippen LogP contribution in [0.4, 0.5) is 5.69 Å². The monoisotopic (exact) mass is 234 g/mol. The fraction of sp³-hybridized carbons (Fsp3) is 0.538. The zero-order valence-corrected chi connectivity index (χ0v) is 10.3. The van der Waals surface area contributed by atoms with E-state index in [1.807, 2.05) is 11.8 Å². The molecule has 2 N–H and O–H groups in total. The van der Waals surface area contributed by atoms with Crippen LogP contribution in [-0.2, 0) is 6.42 Å². The molecule has 0 radical (unpaired) electrons. The first-order valence-electron chi connectivity index (χ1n) is 5.99. The van der Waals surface area contributed by atoms with Gasteiger partial charge in [-0.15, -0.1) is 0 Å². The van der Waals surface area contributed by atoms with Gasteiger partial charge in [0.05, 0.1) is 5.54 Å². The number of hydrogen-bond donors (Lipinski definition) is 1. The Kier molecular flexibility index (Phi) is 2.60. The van der Waals surface area contributed by atoms with Crippen LogP contribution in [0.15, 0.2) is 24.3 Å². The molecule has 0 aromatic heterocycles. The van der Waals surface area contributed by atoms with Crippen LogP contribution in [0.5, 0.6) is 0 Å². The zero-order chi connectivity index (χ0) is 11.0. The number of anilines is 1. The minimum atomic E-state index is 0.233. The van der Waals surface area contributed by atoms with Gasteiger partial charge in [-0.1, -0.05) is 18.2 Å². The maximum atomic E-state index is 6.05. The van der Waals surface area contributed by atoms with Crippen molar-refractivity contribution in [1.29, 1.82) is 0 Å². The Bertz CT molecular complexity index is 385. The number of nitrogens with zero attached hydrogens (tertiary/aromatic N) is 1. The first-order valence-corrected chi connectivity index (χ1v) is 7.15. The van der Waals surface area contributed by atoms with E-state index < -0.39 is 0 Å². The Balaban J connectivity index is 1.97. The molecular formula is C13H18N2S. The SMILES string of the molecule is NCC1(N2CCc3ccccc32)CCSC1. The summed E-state index contributed by atoms with van der Waals surface area (Å²) in [6.07, 6.45) is 2.42. The summed E-state index contributed by atoms with van der Waals surface area (Å²) < 4.78 is 0. The van der Waals surface area contributed by atoms with Crippen LogP contribution in [0.3, 0.4) is 0 Å². The third-order valence-electron chi connectivity index (χ3n) is 3.92. The molecule has 1 atom stereocenters. The van der Waals surface area contributed by atoms with E-state index in [-0.39, 0.29) is 5.54 Å². The lowest BCUT2D eigenvalue weighted by Gasteiger charge is -2.39. The van der Waals surface area contributed by atoms with Gasteiger partial charge >= 0.3 is 0 Å². The highest BCUT2D eigenvalue weighted by Gasteiger charge is 2.41. The largest absolute Gasteiger partial charge is 0.363 e. The van der Waals surface area contributed by atoms with Crippen molar-refractivity contribution < 1.29 is 0 Å². The highest BCUT2D eigenvalue weighted by Crippen LogP contribution is 2.40. The second kappa shape index (κ2) is 3.97. The predicted octanol–water partition coefficient (Wildman–Crippen LogP) is 1.88. The van der Waals surface area contributed by atoms with Gasteiger partial charge in [-0.05, 0) is 30.2 Å². The summed E-state index contributed by atoms with van der Waals surface area (Å²) in [5.41, 5.74) is 9.20. The van der Waals surface area contributed by atoms with Crippen LogP contribution in [0.25, 0.3) is 0 Å². The van der Waals surface area contributed by atoms with E-state index in [9.17, 15) is 0 Å². The Hall–Kier alpha value is -0.670. The molecule has 86 valence electrons. The first-order chi connectivity index (χ1) is 7.86. The lowest BCUT2D eigenvalue weighted by Crippen LogP contribution is -2.53. The molecule has 3 rings (SSSR count). The molecule has 0 spiro atoms. The molecule has 2 heterocycles. The Morgan fingerprint density at radius 3 is 3.00 bits per heavy atom. The molecular weight excluding hydrogens is 216 g/mol. The van der Waals surface area contributed by atoms with Crippen LogP contribution in [0.2, 0.25) is 0 Å². The molecule has 0 saturated carbocycles. The van der Waals surface area contributed by atoms with Crippen molar-refractivity contribution in [3.8, 4) is 0 Å². The molecule has 1 aromatic carbocycles. The van der Waals surface area contributed by atoms with Crippen LogP contribution in [0.1, 0.15) is 12.0 Å². The van der Waals surface area contributed by atoms with Crippen LogP contribution in [-0.4, -0.2) is 30.1 Å². The third-order valence-corrected chi connectivity index (χ3v) is 5.16. The van der Waals surface area contributed by atoms with Gasteiger partial charge in [0, 0.05) is 24.5 Å². The summed E-state index contributed by atoms with van der Waals surface area (Å²) in [6.45, 7) is 1.94. The Morgan fingerprint density at radius 1 is 1.38 bits per heavy atom. The topological polar surface area (TPSA) is 29.3 Å². The van der Waals surface area contributed by atoms with Gasteiger partial charge in [-0.2, -0.15) is 11.8 Å². The summed E-state index contributed by atoms with van der Waals surface area (Å²) in [7, 11) is 0. The smallest absolute Gasteiger partial charge is 0.0622 e. The minimum Gasteiger partial charge on any atom is -0.363 e. The number of thioether (sulfide) groups is 1. The van der Waals surface area contributed by atoms with Gasteiger partial charge in [-0.25, -0.2) is 0 Å². The number of rotatable bonds is 2. The van der Waals surface area contributed by atoms with Gasteiger partial charge in [0.2, 0.25) is 0 Å². The second-order valence-corrected chi connectivity index (χ2v) is 5.87. The average molecular weight is 234 g/mol. The lowest BCUT2D eigenvalue weighted by atomic mass is 9.96. The molecule has 3 heteroatoms. The van der Waals surface area contributed by atoms with Crippen molar-refractivity contribution in [3.63, 3.8) is 0 Å². The summed E-state index contributed by atoms with van der Waals surface area (Å²) in [5, 5.41) is 0. The first kappa shape index (κ1) is 10.5. The van der Waals surface area contributed by atoms with Crippen molar-refractivity contribution >= 4 is 17.4 Å². The maximum absolute atomic E-state index is 6.05. The van der Waals surface area contributed by atoms with E-state index in [2.05, 4.69) is 29.2 Å². The van der Waals surface area contributed by atoms with E-state index in [0.717, 1.165) is 13.1 Å². The maximum Gasteiger partial charge on any atom is 0.0622 e. The minimum absolute atomic E-state index is 0.233. The van der Waals surface area contributed by atoms with Gasteiger partial charge < -0.3 is 10.6 Å². The third kappa shape index (κ3) is 1.45. The van der Waals surface area contributed by atoms with Crippen molar-refractivity contribution in [2.24, 2.45) is 5.73 Å². The zero-order valence-electron chi connectivity index (χ0n) is 9.48. The summed E-state index contributed by atoms with van der Waals surface area (Å²) in [6, 6.07) is 8.79. The number of hydrogen-bond acceptors (Lipinski definition) is 3. The lowest BCUT2D eigenvalue weighted by molar-refractivity contribution is 0.450. The van der Waals surface area contributed by atoms with Crippen molar-refractivity contribution in [1.82, 2.24) is 0 Å². The summed E-state index contributed by atoms with van der Waals surface area (Å²) in [5.74, 6) is 2.45. The molecule has 2 aliphatic heterocycles. The molecule has 1 aromatic rings. The van der Waals surface area contributed by atoms with Crippen LogP contribution in [0, 0.1) is 0 Å². The highest BCUT2D eigenvalue weighted by molar-refractivity contribution is 7.99. The van der Waals surface area contributed by atoms with E-state index in [1.54, 1.807) is 0 Å². The van der Waals surface area contributed by atoms with Gasteiger partial charge in [0.1, 0.15) is 0 Å². The molecule has 1 saturated heterocycles. The molecule has 2 nitrogen and oxygen atoms in total. The highest BCUT2D eigenvalue weighted by atomic mass is 32.2. The van der Waals surface area contributed by atoms with E-state index in [0.29, 0.717) is 0 Å². The molecule has 1 unspecified atom stereocenters. The van der Waals surface area contributed by atoms with E-state index in [4.69, 9.17) is 5.73 Å². The second-order valence-electron chi connectivity index (χ2n) is 4.76. The predicted molar refractivity (Wildman–Crippen MR) is 71.2 cm³/mol. The van der Waals surface area contributed by atoms with Crippen molar-refractivity contribution in [2.75, 3.05) is 29.5 Å². The van der Waals surface area contributed by atoms with Gasteiger partial charge in [0.25, 0.3) is 0 Å². The van der Waals surface area contributed by atoms with Gasteiger partial charge in [0.15, 0.2) is 0 Å². The molecule has 0 amide bonds. The number of fused-ring (bicyclic) bond motifs is 1. The fourth-order valence-corrected chi connectivity index (χ4v) is 4.38. The number of nitrogens with two attached hydrogens (primary N) is 1. The van der Waals surface area contributed by atoms with Gasteiger partial charge in [-0.3, -0.25) is 0 Å².